The van der Waals surface area contributed by atoms with Crippen molar-refractivity contribution in [1.82, 2.24) is 9.78 Å². The van der Waals surface area contributed by atoms with Crippen LogP contribution in [0.25, 0.3) is 0 Å². The van der Waals surface area contributed by atoms with Gasteiger partial charge in [-0.3, -0.25) is 0 Å². The van der Waals surface area contributed by atoms with E-state index in [0.29, 0.717) is 17.0 Å². The number of nitrogen functional groups attached to an aromatic ring is 1. The SMILES string of the molecule is CCCn1nc(C)c(N)c1OC1CC(C)CC(C)(C)C1. The fourth-order valence-electron chi connectivity index (χ4n) is 3.57. The topological polar surface area (TPSA) is 53.1 Å². The molecule has 2 N–H and O–H groups in total. The smallest absolute Gasteiger partial charge is 0.236 e. The van der Waals surface area contributed by atoms with Crippen LogP contribution in [-0.2, 0) is 6.54 Å². The highest BCUT2D eigenvalue weighted by molar-refractivity contribution is 5.52. The van der Waals surface area contributed by atoms with E-state index in [1.807, 2.05) is 11.6 Å². The molecule has 1 aromatic rings. The number of aryl methyl sites for hydroxylation is 2. The summed E-state index contributed by atoms with van der Waals surface area (Å²) in [6.45, 7) is 11.9. The van der Waals surface area contributed by atoms with Crippen LogP contribution < -0.4 is 10.5 Å². The van der Waals surface area contributed by atoms with E-state index in [4.69, 9.17) is 10.5 Å². The maximum Gasteiger partial charge on any atom is 0.236 e. The number of rotatable bonds is 4. The summed E-state index contributed by atoms with van der Waals surface area (Å²) in [7, 11) is 0. The molecule has 0 amide bonds. The molecular formula is C16H29N3O. The van der Waals surface area contributed by atoms with Gasteiger partial charge in [0.15, 0.2) is 0 Å². The first-order chi connectivity index (χ1) is 9.32. The number of nitrogens with zero attached hydrogens (tertiary/aromatic N) is 2. The molecular weight excluding hydrogens is 250 g/mol. The molecule has 0 aromatic carbocycles. The average Bonchev–Trinajstić information content (AvgIpc) is 2.55. The van der Waals surface area contributed by atoms with Crippen LogP contribution in [0.3, 0.4) is 0 Å². The van der Waals surface area contributed by atoms with E-state index < -0.39 is 0 Å². The Kier molecular flexibility index (Phi) is 4.31. The first kappa shape index (κ1) is 15.2. The van der Waals surface area contributed by atoms with Crippen molar-refractivity contribution >= 4 is 5.69 Å². The standard InChI is InChI=1S/C16H29N3O/c1-6-7-19-15(14(17)12(3)18-19)20-13-8-11(2)9-16(4,5)10-13/h11,13H,6-10,17H2,1-5H3. The predicted molar refractivity (Wildman–Crippen MR) is 82.9 cm³/mol. The van der Waals surface area contributed by atoms with Gasteiger partial charge >= 0.3 is 0 Å². The third-order valence-electron chi connectivity index (χ3n) is 4.19. The third-order valence-corrected chi connectivity index (χ3v) is 4.19. The van der Waals surface area contributed by atoms with Crippen LogP contribution in [0.1, 0.15) is 59.1 Å². The Bertz CT molecular complexity index is 465. The molecule has 1 aliphatic carbocycles. The Morgan fingerprint density at radius 1 is 1.40 bits per heavy atom. The fourth-order valence-corrected chi connectivity index (χ4v) is 3.57. The highest BCUT2D eigenvalue weighted by Crippen LogP contribution is 2.40. The Morgan fingerprint density at radius 2 is 2.10 bits per heavy atom. The van der Waals surface area contributed by atoms with Crippen molar-refractivity contribution in [2.75, 3.05) is 5.73 Å². The van der Waals surface area contributed by atoms with Gasteiger partial charge in [-0.05, 0) is 43.9 Å². The van der Waals surface area contributed by atoms with Gasteiger partial charge in [0.1, 0.15) is 11.8 Å². The maximum atomic E-state index is 6.27. The summed E-state index contributed by atoms with van der Waals surface area (Å²) in [4.78, 5) is 0. The molecule has 1 aliphatic rings. The average molecular weight is 279 g/mol. The molecule has 1 aromatic heterocycles. The van der Waals surface area contributed by atoms with Gasteiger partial charge in [-0.15, -0.1) is 0 Å². The summed E-state index contributed by atoms with van der Waals surface area (Å²) in [5.74, 6) is 1.48. The van der Waals surface area contributed by atoms with Crippen LogP contribution in [0.4, 0.5) is 5.69 Å². The van der Waals surface area contributed by atoms with E-state index >= 15 is 0 Å². The highest BCUT2D eigenvalue weighted by atomic mass is 16.5. The van der Waals surface area contributed by atoms with Crippen molar-refractivity contribution < 1.29 is 4.74 Å². The second-order valence-electron chi connectivity index (χ2n) is 7.18. The van der Waals surface area contributed by atoms with Crippen molar-refractivity contribution in [3.8, 4) is 5.88 Å². The molecule has 2 atom stereocenters. The number of nitrogens with two attached hydrogens (primary N) is 1. The molecule has 1 fully saturated rings. The van der Waals surface area contributed by atoms with Gasteiger partial charge in [-0.2, -0.15) is 5.10 Å². The first-order valence-corrected chi connectivity index (χ1v) is 7.82. The molecule has 2 unspecified atom stereocenters. The second-order valence-corrected chi connectivity index (χ2v) is 7.18. The minimum atomic E-state index is 0.253. The molecule has 0 radical (unpaired) electrons. The lowest BCUT2D eigenvalue weighted by Gasteiger charge is -2.38. The fraction of sp³-hybridized carbons (Fsp3) is 0.812. The van der Waals surface area contributed by atoms with Gasteiger partial charge in [0.2, 0.25) is 5.88 Å². The number of aromatic nitrogens is 2. The molecule has 4 heteroatoms. The Balaban J connectivity index is 2.17. The Labute approximate surface area is 122 Å². The van der Waals surface area contributed by atoms with Gasteiger partial charge < -0.3 is 10.5 Å². The Hall–Kier alpha value is -1.19. The monoisotopic (exact) mass is 279 g/mol. The summed E-state index contributed by atoms with van der Waals surface area (Å²) in [5.41, 5.74) is 8.07. The zero-order valence-corrected chi connectivity index (χ0v) is 13.6. The molecule has 4 nitrogen and oxygen atoms in total. The van der Waals surface area contributed by atoms with Gasteiger partial charge in [-0.1, -0.05) is 27.7 Å². The van der Waals surface area contributed by atoms with Crippen LogP contribution in [0.2, 0.25) is 0 Å². The molecule has 114 valence electrons. The summed E-state index contributed by atoms with van der Waals surface area (Å²) >= 11 is 0. The van der Waals surface area contributed by atoms with Crippen LogP contribution in [0.5, 0.6) is 5.88 Å². The van der Waals surface area contributed by atoms with Crippen LogP contribution in [0.15, 0.2) is 0 Å². The van der Waals surface area contributed by atoms with Crippen molar-refractivity contribution in [2.24, 2.45) is 11.3 Å². The number of ether oxygens (including phenoxy) is 1. The van der Waals surface area contributed by atoms with Crippen LogP contribution >= 0.6 is 0 Å². The van der Waals surface area contributed by atoms with Crippen molar-refractivity contribution in [1.29, 1.82) is 0 Å². The molecule has 0 aliphatic heterocycles. The number of anilines is 1. The third kappa shape index (κ3) is 3.28. The van der Waals surface area contributed by atoms with Gasteiger partial charge in [0.05, 0.1) is 5.69 Å². The van der Waals surface area contributed by atoms with E-state index in [1.165, 1.54) is 6.42 Å². The maximum absolute atomic E-state index is 6.27. The lowest BCUT2D eigenvalue weighted by Crippen LogP contribution is -2.34. The summed E-state index contributed by atoms with van der Waals surface area (Å²) in [5, 5.41) is 4.49. The van der Waals surface area contributed by atoms with E-state index in [9.17, 15) is 0 Å². The number of hydrogen-bond acceptors (Lipinski definition) is 3. The van der Waals surface area contributed by atoms with Crippen molar-refractivity contribution in [3.63, 3.8) is 0 Å². The Morgan fingerprint density at radius 3 is 2.70 bits per heavy atom. The second kappa shape index (κ2) is 5.66. The normalized spacial score (nSPS) is 25.6. The lowest BCUT2D eigenvalue weighted by atomic mass is 9.71. The van der Waals surface area contributed by atoms with Gasteiger partial charge in [-0.25, -0.2) is 4.68 Å². The quantitative estimate of drug-likeness (QED) is 0.912. The predicted octanol–water partition coefficient (Wildman–Crippen LogP) is 3.78. The summed E-state index contributed by atoms with van der Waals surface area (Å²) in [6, 6.07) is 0. The molecule has 20 heavy (non-hydrogen) atoms. The highest BCUT2D eigenvalue weighted by Gasteiger charge is 2.34. The lowest BCUT2D eigenvalue weighted by molar-refractivity contribution is 0.0501. The molecule has 0 saturated heterocycles. The molecule has 0 bridgehead atoms. The molecule has 2 rings (SSSR count). The van der Waals surface area contributed by atoms with Crippen LogP contribution in [-0.4, -0.2) is 15.9 Å². The van der Waals surface area contributed by atoms with E-state index in [2.05, 4.69) is 32.8 Å². The van der Waals surface area contributed by atoms with Crippen molar-refractivity contribution in [2.45, 2.75) is 73.0 Å². The molecule has 1 heterocycles. The van der Waals surface area contributed by atoms with E-state index in [-0.39, 0.29) is 6.10 Å². The van der Waals surface area contributed by atoms with Crippen molar-refractivity contribution in [3.05, 3.63) is 5.69 Å². The minimum absolute atomic E-state index is 0.253. The molecule has 1 saturated carbocycles. The minimum Gasteiger partial charge on any atom is -0.473 e. The molecule has 0 spiro atoms. The zero-order chi connectivity index (χ0) is 14.9. The van der Waals surface area contributed by atoms with Crippen LogP contribution in [0, 0.1) is 18.3 Å². The zero-order valence-electron chi connectivity index (χ0n) is 13.6. The van der Waals surface area contributed by atoms with E-state index in [1.54, 1.807) is 0 Å². The first-order valence-electron chi connectivity index (χ1n) is 7.82. The number of hydrogen-bond donors (Lipinski definition) is 1. The van der Waals surface area contributed by atoms with E-state index in [0.717, 1.165) is 37.4 Å². The summed E-state index contributed by atoms with van der Waals surface area (Å²) in [6.07, 6.45) is 4.76. The largest absolute Gasteiger partial charge is 0.473 e. The van der Waals surface area contributed by atoms with Gasteiger partial charge in [0.25, 0.3) is 0 Å². The summed E-state index contributed by atoms with van der Waals surface area (Å²) < 4.78 is 8.20. The van der Waals surface area contributed by atoms with Gasteiger partial charge in [0, 0.05) is 6.54 Å².